The molecule has 1 aliphatic rings. The molecule has 0 aromatic carbocycles. The number of nitrogens with zero attached hydrogens (tertiary/aromatic N) is 1. The summed E-state index contributed by atoms with van der Waals surface area (Å²) in [5.41, 5.74) is 5.73. The number of amides is 1. The zero-order valence-electron chi connectivity index (χ0n) is 9.85. The second kappa shape index (κ2) is 5.14. The van der Waals surface area contributed by atoms with Gasteiger partial charge < -0.3 is 15.8 Å². The molecule has 2 unspecified atom stereocenters. The number of anilines is 1. The lowest BCUT2D eigenvalue weighted by Crippen LogP contribution is -2.28. The first-order chi connectivity index (χ1) is 8.18. The van der Waals surface area contributed by atoms with Crippen molar-refractivity contribution in [1.29, 1.82) is 0 Å². The molecule has 3 N–H and O–H groups in total. The molecular weight excluding hydrogens is 218 g/mol. The largest absolute Gasteiger partial charge is 0.381 e. The van der Waals surface area contributed by atoms with Crippen LogP contribution < -0.4 is 11.1 Å². The Morgan fingerprint density at radius 3 is 3.18 bits per heavy atom. The highest BCUT2D eigenvalue weighted by molar-refractivity contribution is 5.97. The Labute approximate surface area is 100 Å². The topological polar surface area (TPSA) is 77.2 Å². The number of hydrogen-bond donors (Lipinski definition) is 2. The Hall–Kier alpha value is -1.62. The molecule has 5 heteroatoms. The average molecular weight is 235 g/mol. The van der Waals surface area contributed by atoms with E-state index in [0.717, 1.165) is 19.6 Å². The maximum absolute atomic E-state index is 11.2. The predicted octanol–water partition coefficient (Wildman–Crippen LogP) is 1.02. The number of nitrogens with two attached hydrogens (primary N) is 1. The highest BCUT2D eigenvalue weighted by Gasteiger charge is 2.23. The van der Waals surface area contributed by atoms with Crippen molar-refractivity contribution in [3.05, 3.63) is 23.9 Å². The minimum Gasteiger partial charge on any atom is -0.381 e. The summed E-state index contributed by atoms with van der Waals surface area (Å²) in [5, 5.41) is 3.24. The lowest BCUT2D eigenvalue weighted by Gasteiger charge is -2.20. The van der Waals surface area contributed by atoms with E-state index in [1.165, 1.54) is 0 Å². The van der Waals surface area contributed by atoms with Crippen LogP contribution in [0.25, 0.3) is 0 Å². The van der Waals surface area contributed by atoms with Crippen LogP contribution in [-0.4, -0.2) is 30.1 Å². The molecule has 92 valence electrons. The fraction of sp³-hybridized carbons (Fsp3) is 0.500. The van der Waals surface area contributed by atoms with E-state index in [1.54, 1.807) is 18.3 Å². The van der Waals surface area contributed by atoms with Crippen molar-refractivity contribution in [3.63, 3.8) is 0 Å². The molecule has 1 amide bonds. The van der Waals surface area contributed by atoms with Crippen LogP contribution in [0.1, 0.15) is 23.7 Å². The summed E-state index contributed by atoms with van der Waals surface area (Å²) < 4.78 is 5.34. The Bertz CT molecular complexity index is 402. The van der Waals surface area contributed by atoms with Gasteiger partial charge in [0.1, 0.15) is 5.82 Å². The Morgan fingerprint density at radius 2 is 2.53 bits per heavy atom. The summed E-state index contributed by atoms with van der Waals surface area (Å²) in [6, 6.07) is 3.59. The second-order valence-corrected chi connectivity index (χ2v) is 4.32. The summed E-state index contributed by atoms with van der Waals surface area (Å²) in [6.07, 6.45) is 2.68. The van der Waals surface area contributed by atoms with E-state index >= 15 is 0 Å². The smallest absolute Gasteiger partial charge is 0.252 e. The number of ether oxygens (including phenoxy) is 1. The van der Waals surface area contributed by atoms with Crippen LogP contribution >= 0.6 is 0 Å². The standard InChI is InChI=1S/C12H17N3O2/c1-8(9-4-6-17-7-9)15-12-10(11(13)16)3-2-5-14-12/h2-3,5,8-9H,4,6-7H2,1H3,(H2,13,16)(H,14,15). The highest BCUT2D eigenvalue weighted by atomic mass is 16.5. The van der Waals surface area contributed by atoms with Gasteiger partial charge in [-0.15, -0.1) is 0 Å². The molecule has 2 heterocycles. The van der Waals surface area contributed by atoms with Gasteiger partial charge in [0, 0.05) is 24.8 Å². The van der Waals surface area contributed by atoms with Crippen LogP contribution in [0, 0.1) is 5.92 Å². The van der Waals surface area contributed by atoms with Gasteiger partial charge in [-0.25, -0.2) is 4.98 Å². The monoisotopic (exact) mass is 235 g/mol. The van der Waals surface area contributed by atoms with E-state index in [4.69, 9.17) is 10.5 Å². The number of rotatable bonds is 4. The molecule has 17 heavy (non-hydrogen) atoms. The number of hydrogen-bond acceptors (Lipinski definition) is 4. The van der Waals surface area contributed by atoms with Crippen molar-refractivity contribution in [2.24, 2.45) is 11.7 Å². The van der Waals surface area contributed by atoms with Crippen LogP contribution in [0.5, 0.6) is 0 Å². The summed E-state index contributed by atoms with van der Waals surface area (Å²) in [4.78, 5) is 15.4. The van der Waals surface area contributed by atoms with E-state index in [2.05, 4.69) is 17.2 Å². The molecular formula is C12H17N3O2. The first-order valence-corrected chi connectivity index (χ1v) is 5.77. The number of carbonyl (C=O) groups excluding carboxylic acids is 1. The summed E-state index contributed by atoms with van der Waals surface area (Å²) in [6.45, 7) is 3.63. The number of primary amides is 1. The fourth-order valence-electron chi connectivity index (χ4n) is 2.00. The Balaban J connectivity index is 2.09. The average Bonchev–Trinajstić information content (AvgIpc) is 2.83. The summed E-state index contributed by atoms with van der Waals surface area (Å²) >= 11 is 0. The van der Waals surface area contributed by atoms with Crippen molar-refractivity contribution in [3.8, 4) is 0 Å². The SMILES string of the molecule is CC(Nc1ncccc1C(N)=O)C1CCOC1. The van der Waals surface area contributed by atoms with E-state index in [0.29, 0.717) is 17.3 Å². The maximum atomic E-state index is 11.2. The zero-order chi connectivity index (χ0) is 12.3. The third-order valence-corrected chi connectivity index (χ3v) is 3.11. The van der Waals surface area contributed by atoms with Crippen molar-refractivity contribution < 1.29 is 9.53 Å². The molecule has 2 rings (SSSR count). The number of aromatic nitrogens is 1. The molecule has 5 nitrogen and oxygen atoms in total. The Morgan fingerprint density at radius 1 is 1.71 bits per heavy atom. The molecule has 0 bridgehead atoms. The van der Waals surface area contributed by atoms with Gasteiger partial charge in [-0.1, -0.05) is 0 Å². The van der Waals surface area contributed by atoms with Gasteiger partial charge in [0.2, 0.25) is 0 Å². The lowest BCUT2D eigenvalue weighted by molar-refractivity contribution is 0.100. The van der Waals surface area contributed by atoms with Gasteiger partial charge in [-0.2, -0.15) is 0 Å². The van der Waals surface area contributed by atoms with E-state index in [-0.39, 0.29) is 6.04 Å². The Kier molecular flexibility index (Phi) is 3.58. The molecule has 1 fully saturated rings. The molecule has 0 saturated carbocycles. The number of nitrogens with one attached hydrogen (secondary N) is 1. The minimum atomic E-state index is -0.463. The molecule has 1 aliphatic heterocycles. The van der Waals surface area contributed by atoms with Gasteiger partial charge in [-0.05, 0) is 25.5 Å². The van der Waals surface area contributed by atoms with Gasteiger partial charge >= 0.3 is 0 Å². The third-order valence-electron chi connectivity index (χ3n) is 3.11. The molecule has 0 aliphatic carbocycles. The molecule has 0 spiro atoms. The molecule has 1 aromatic heterocycles. The van der Waals surface area contributed by atoms with Crippen molar-refractivity contribution in [2.75, 3.05) is 18.5 Å². The van der Waals surface area contributed by atoms with E-state index in [1.807, 2.05) is 0 Å². The van der Waals surface area contributed by atoms with Gasteiger partial charge in [-0.3, -0.25) is 4.79 Å². The van der Waals surface area contributed by atoms with Gasteiger partial charge in [0.25, 0.3) is 5.91 Å². The summed E-state index contributed by atoms with van der Waals surface area (Å²) in [5.74, 6) is 0.549. The maximum Gasteiger partial charge on any atom is 0.252 e. The van der Waals surface area contributed by atoms with Crippen molar-refractivity contribution >= 4 is 11.7 Å². The van der Waals surface area contributed by atoms with Crippen LogP contribution in [0.4, 0.5) is 5.82 Å². The van der Waals surface area contributed by atoms with E-state index < -0.39 is 5.91 Å². The predicted molar refractivity (Wildman–Crippen MR) is 64.8 cm³/mol. The lowest BCUT2D eigenvalue weighted by atomic mass is 10.0. The number of pyridine rings is 1. The first-order valence-electron chi connectivity index (χ1n) is 5.77. The molecule has 0 radical (unpaired) electrons. The third kappa shape index (κ3) is 2.74. The molecule has 1 saturated heterocycles. The zero-order valence-corrected chi connectivity index (χ0v) is 9.85. The normalized spacial score (nSPS) is 21.1. The van der Waals surface area contributed by atoms with Crippen molar-refractivity contribution in [1.82, 2.24) is 4.98 Å². The summed E-state index contributed by atoms with van der Waals surface area (Å²) in [7, 11) is 0. The quantitative estimate of drug-likeness (QED) is 0.816. The molecule has 1 aromatic rings. The van der Waals surface area contributed by atoms with E-state index in [9.17, 15) is 4.79 Å². The van der Waals surface area contributed by atoms with Gasteiger partial charge in [0.15, 0.2) is 0 Å². The van der Waals surface area contributed by atoms with Crippen LogP contribution in [0.3, 0.4) is 0 Å². The van der Waals surface area contributed by atoms with Crippen LogP contribution in [-0.2, 0) is 4.74 Å². The fourth-order valence-corrected chi connectivity index (χ4v) is 2.00. The second-order valence-electron chi connectivity index (χ2n) is 4.32. The van der Waals surface area contributed by atoms with Crippen molar-refractivity contribution in [2.45, 2.75) is 19.4 Å². The highest BCUT2D eigenvalue weighted by Crippen LogP contribution is 2.20. The first kappa shape index (κ1) is 11.9. The molecule has 2 atom stereocenters. The van der Waals surface area contributed by atoms with Crippen LogP contribution in [0.15, 0.2) is 18.3 Å². The van der Waals surface area contributed by atoms with Gasteiger partial charge in [0.05, 0.1) is 12.2 Å². The number of carbonyl (C=O) groups is 1. The minimum absolute atomic E-state index is 0.213. The van der Waals surface area contributed by atoms with Crippen LogP contribution in [0.2, 0.25) is 0 Å².